The van der Waals surface area contributed by atoms with E-state index < -0.39 is 5.54 Å². The molecule has 1 aliphatic heterocycles. The Labute approximate surface area is 107 Å². The van der Waals surface area contributed by atoms with Crippen LogP contribution in [0.15, 0.2) is 18.5 Å². The van der Waals surface area contributed by atoms with Gasteiger partial charge in [-0.1, -0.05) is 0 Å². The first-order valence-corrected chi connectivity index (χ1v) is 6.14. The predicted octanol–water partition coefficient (Wildman–Crippen LogP) is 1.10. The van der Waals surface area contributed by atoms with E-state index in [1.807, 2.05) is 13.0 Å². The summed E-state index contributed by atoms with van der Waals surface area (Å²) >= 11 is 0. The first kappa shape index (κ1) is 13.0. The largest absolute Gasteiger partial charge is 0.382 e. The topological polar surface area (TPSA) is 63.2 Å². The maximum atomic E-state index is 12.4. The number of carbonyl (C=O) groups is 1. The molecule has 98 valence electrons. The second-order valence-corrected chi connectivity index (χ2v) is 4.69. The molecule has 2 N–H and O–H groups in total. The summed E-state index contributed by atoms with van der Waals surface area (Å²) in [5, 5.41) is 6.19. The Balaban J connectivity index is 2.13. The summed E-state index contributed by atoms with van der Waals surface area (Å²) in [6.07, 6.45) is 5.17. The fourth-order valence-corrected chi connectivity index (χ4v) is 2.27. The van der Waals surface area contributed by atoms with E-state index in [1.165, 1.54) is 0 Å². The number of hydrogen-bond donors (Lipinski definition) is 2. The summed E-state index contributed by atoms with van der Waals surface area (Å²) in [6, 6.07) is 1.88. The van der Waals surface area contributed by atoms with Gasteiger partial charge in [-0.05, 0) is 37.9 Å². The van der Waals surface area contributed by atoms with Crippen LogP contribution in [0.25, 0.3) is 0 Å². The lowest BCUT2D eigenvalue weighted by molar-refractivity contribution is -0.123. The molecule has 1 atom stereocenters. The Kier molecular flexibility index (Phi) is 3.93. The van der Waals surface area contributed by atoms with Crippen molar-refractivity contribution in [2.45, 2.75) is 25.3 Å². The van der Waals surface area contributed by atoms with Gasteiger partial charge in [0.05, 0.1) is 18.5 Å². The molecule has 1 unspecified atom stereocenters. The number of anilines is 1. The van der Waals surface area contributed by atoms with E-state index in [2.05, 4.69) is 15.6 Å². The fourth-order valence-electron chi connectivity index (χ4n) is 2.27. The van der Waals surface area contributed by atoms with Gasteiger partial charge in [0.1, 0.15) is 5.54 Å². The van der Waals surface area contributed by atoms with Crippen molar-refractivity contribution in [3.63, 3.8) is 0 Å². The number of amides is 1. The number of aromatic nitrogens is 1. The van der Waals surface area contributed by atoms with E-state index in [0.29, 0.717) is 6.61 Å². The first-order valence-electron chi connectivity index (χ1n) is 6.14. The minimum atomic E-state index is -0.600. The average Bonchev–Trinajstić information content (AvgIpc) is 2.82. The third-order valence-corrected chi connectivity index (χ3v) is 3.36. The molecular formula is C13H19N3O2. The Morgan fingerprint density at radius 1 is 1.67 bits per heavy atom. The number of aryl methyl sites for hydroxylation is 1. The standard InChI is InChI=1S/C13H19N3O2/c1-10-4-7-14-8-11(10)16-12(17)13(9-18-2)5-3-6-15-13/h4,7-8,15H,3,5-6,9H2,1-2H3,(H,16,17). The van der Waals surface area contributed by atoms with Crippen LogP contribution in [0, 0.1) is 6.92 Å². The van der Waals surface area contributed by atoms with E-state index >= 15 is 0 Å². The third kappa shape index (κ3) is 2.52. The smallest absolute Gasteiger partial charge is 0.247 e. The SMILES string of the molecule is COCC1(C(=O)Nc2cnccc2C)CCCN1. The number of nitrogens with one attached hydrogen (secondary N) is 2. The van der Waals surface area contributed by atoms with Crippen LogP contribution in [-0.2, 0) is 9.53 Å². The molecule has 1 aliphatic rings. The molecule has 1 aromatic rings. The molecule has 0 saturated carbocycles. The lowest BCUT2D eigenvalue weighted by atomic mass is 9.97. The second kappa shape index (κ2) is 5.46. The molecule has 0 radical (unpaired) electrons. The monoisotopic (exact) mass is 249 g/mol. The van der Waals surface area contributed by atoms with Crippen molar-refractivity contribution in [3.05, 3.63) is 24.0 Å². The summed E-state index contributed by atoms with van der Waals surface area (Å²) in [7, 11) is 1.62. The second-order valence-electron chi connectivity index (χ2n) is 4.69. The average molecular weight is 249 g/mol. The highest BCUT2D eigenvalue weighted by atomic mass is 16.5. The minimum Gasteiger partial charge on any atom is -0.382 e. The zero-order valence-corrected chi connectivity index (χ0v) is 10.8. The number of nitrogens with zero attached hydrogens (tertiary/aromatic N) is 1. The van der Waals surface area contributed by atoms with E-state index in [1.54, 1.807) is 19.5 Å². The molecule has 1 saturated heterocycles. The predicted molar refractivity (Wildman–Crippen MR) is 69.4 cm³/mol. The molecule has 0 spiro atoms. The van der Waals surface area contributed by atoms with E-state index in [9.17, 15) is 4.79 Å². The molecule has 5 heteroatoms. The number of methoxy groups -OCH3 is 1. The third-order valence-electron chi connectivity index (χ3n) is 3.36. The maximum Gasteiger partial charge on any atom is 0.247 e. The number of pyridine rings is 1. The zero-order chi connectivity index (χ0) is 13.0. The zero-order valence-electron chi connectivity index (χ0n) is 10.8. The van der Waals surface area contributed by atoms with Gasteiger partial charge in [0, 0.05) is 13.3 Å². The van der Waals surface area contributed by atoms with E-state index in [0.717, 1.165) is 30.6 Å². The molecule has 0 bridgehead atoms. The summed E-state index contributed by atoms with van der Waals surface area (Å²) < 4.78 is 5.18. The van der Waals surface area contributed by atoms with Gasteiger partial charge in [-0.3, -0.25) is 9.78 Å². The summed E-state index contributed by atoms with van der Waals surface area (Å²) in [4.78, 5) is 16.4. The molecule has 2 heterocycles. The van der Waals surface area contributed by atoms with Crippen LogP contribution in [0.5, 0.6) is 0 Å². The number of ether oxygens (including phenoxy) is 1. The summed E-state index contributed by atoms with van der Waals surface area (Å²) in [5.74, 6) is -0.0436. The van der Waals surface area contributed by atoms with Crippen LogP contribution >= 0.6 is 0 Å². The van der Waals surface area contributed by atoms with Crippen molar-refractivity contribution < 1.29 is 9.53 Å². The fraction of sp³-hybridized carbons (Fsp3) is 0.538. The van der Waals surface area contributed by atoms with E-state index in [-0.39, 0.29) is 5.91 Å². The van der Waals surface area contributed by atoms with Crippen LogP contribution in [0.1, 0.15) is 18.4 Å². The van der Waals surface area contributed by atoms with Crippen LogP contribution in [0.3, 0.4) is 0 Å². The number of carbonyl (C=O) groups excluding carboxylic acids is 1. The van der Waals surface area contributed by atoms with Gasteiger partial charge >= 0.3 is 0 Å². The van der Waals surface area contributed by atoms with Crippen molar-refractivity contribution >= 4 is 11.6 Å². The Bertz CT molecular complexity index is 428. The van der Waals surface area contributed by atoms with Crippen molar-refractivity contribution in [1.29, 1.82) is 0 Å². The molecule has 18 heavy (non-hydrogen) atoms. The summed E-state index contributed by atoms with van der Waals surface area (Å²) in [6.45, 7) is 3.18. The molecule has 5 nitrogen and oxygen atoms in total. The highest BCUT2D eigenvalue weighted by Gasteiger charge is 2.41. The molecule has 0 aromatic carbocycles. The van der Waals surface area contributed by atoms with Crippen molar-refractivity contribution in [2.24, 2.45) is 0 Å². The maximum absolute atomic E-state index is 12.4. The summed E-state index contributed by atoms with van der Waals surface area (Å²) in [5.41, 5.74) is 1.16. The van der Waals surface area contributed by atoms with Gasteiger partial charge in [-0.2, -0.15) is 0 Å². The lowest BCUT2D eigenvalue weighted by Crippen LogP contribution is -2.54. The van der Waals surface area contributed by atoms with Gasteiger partial charge in [-0.15, -0.1) is 0 Å². The van der Waals surface area contributed by atoms with Gasteiger partial charge < -0.3 is 15.4 Å². The Hall–Kier alpha value is -1.46. The van der Waals surface area contributed by atoms with Crippen LogP contribution < -0.4 is 10.6 Å². The highest BCUT2D eigenvalue weighted by molar-refractivity contribution is 5.98. The van der Waals surface area contributed by atoms with Gasteiger partial charge in [0.15, 0.2) is 0 Å². The molecule has 0 aliphatic carbocycles. The Morgan fingerprint density at radius 3 is 3.11 bits per heavy atom. The number of hydrogen-bond acceptors (Lipinski definition) is 4. The minimum absolute atomic E-state index is 0.0436. The lowest BCUT2D eigenvalue weighted by Gasteiger charge is -2.27. The van der Waals surface area contributed by atoms with Gasteiger partial charge in [0.2, 0.25) is 5.91 Å². The van der Waals surface area contributed by atoms with Crippen molar-refractivity contribution in [1.82, 2.24) is 10.3 Å². The van der Waals surface area contributed by atoms with Crippen molar-refractivity contribution in [3.8, 4) is 0 Å². The van der Waals surface area contributed by atoms with E-state index in [4.69, 9.17) is 4.74 Å². The molecular weight excluding hydrogens is 230 g/mol. The van der Waals surface area contributed by atoms with Crippen LogP contribution in [-0.4, -0.2) is 36.7 Å². The van der Waals surface area contributed by atoms with Crippen molar-refractivity contribution in [2.75, 3.05) is 25.6 Å². The van der Waals surface area contributed by atoms with Crippen LogP contribution in [0.4, 0.5) is 5.69 Å². The quantitative estimate of drug-likeness (QED) is 0.838. The Morgan fingerprint density at radius 2 is 2.50 bits per heavy atom. The molecule has 1 fully saturated rings. The number of rotatable bonds is 4. The molecule has 2 rings (SSSR count). The van der Waals surface area contributed by atoms with Crippen LogP contribution in [0.2, 0.25) is 0 Å². The molecule has 1 amide bonds. The molecule has 1 aromatic heterocycles. The normalized spacial score (nSPS) is 23.0. The van der Waals surface area contributed by atoms with Gasteiger partial charge in [0.25, 0.3) is 0 Å². The highest BCUT2D eigenvalue weighted by Crippen LogP contribution is 2.22. The van der Waals surface area contributed by atoms with Gasteiger partial charge in [-0.25, -0.2) is 0 Å². The first-order chi connectivity index (χ1) is 8.68.